The van der Waals surface area contributed by atoms with E-state index < -0.39 is 10.3 Å². The Labute approximate surface area is 109 Å². The van der Waals surface area contributed by atoms with E-state index in [0.717, 1.165) is 4.47 Å². The van der Waals surface area contributed by atoms with E-state index in [1.165, 1.54) is 5.56 Å². The zero-order chi connectivity index (χ0) is 12.4. The molecule has 1 nitrogen and oxygen atoms in total. The predicted octanol–water partition coefficient (Wildman–Crippen LogP) is 4.74. The molecule has 0 N–H and O–H groups in total. The highest BCUT2D eigenvalue weighted by Gasteiger charge is 2.28. The zero-order valence-corrected chi connectivity index (χ0v) is 13.1. The lowest BCUT2D eigenvalue weighted by Gasteiger charge is -2.43. The van der Waals surface area contributed by atoms with E-state index in [4.69, 9.17) is 4.18 Å². The standard InChI is InChI=1S/C13H21BrOS/c1-13(2,3)16(4,5)15-10-11-6-8-12(14)9-7-11/h6-9H,10H2,1-5H3. The average molecular weight is 305 g/mol. The third-order valence-corrected chi connectivity index (χ3v) is 7.09. The van der Waals surface area contributed by atoms with Crippen LogP contribution in [0, 0.1) is 0 Å². The summed E-state index contributed by atoms with van der Waals surface area (Å²) >= 11 is 3.43. The minimum Gasteiger partial charge on any atom is -0.332 e. The molecule has 1 aromatic rings. The molecule has 0 saturated carbocycles. The van der Waals surface area contributed by atoms with Crippen LogP contribution in [-0.2, 0) is 10.8 Å². The van der Waals surface area contributed by atoms with E-state index in [1.807, 2.05) is 0 Å². The highest BCUT2D eigenvalue weighted by Crippen LogP contribution is 2.54. The van der Waals surface area contributed by atoms with Crippen molar-refractivity contribution in [2.24, 2.45) is 0 Å². The minimum absolute atomic E-state index is 0.225. The van der Waals surface area contributed by atoms with Crippen molar-refractivity contribution in [2.75, 3.05) is 12.5 Å². The first-order chi connectivity index (χ1) is 7.22. The van der Waals surface area contributed by atoms with Gasteiger partial charge >= 0.3 is 0 Å². The molecule has 92 valence electrons. The van der Waals surface area contributed by atoms with Gasteiger partial charge in [-0.1, -0.05) is 48.8 Å². The van der Waals surface area contributed by atoms with E-state index >= 15 is 0 Å². The van der Waals surface area contributed by atoms with Gasteiger partial charge in [-0.25, -0.2) is 0 Å². The molecular weight excluding hydrogens is 284 g/mol. The molecule has 0 unspecified atom stereocenters. The van der Waals surface area contributed by atoms with E-state index in [1.54, 1.807) is 0 Å². The van der Waals surface area contributed by atoms with Gasteiger partial charge in [0, 0.05) is 9.22 Å². The van der Waals surface area contributed by atoms with Gasteiger partial charge in [-0.2, -0.15) is 0 Å². The summed E-state index contributed by atoms with van der Waals surface area (Å²) < 4.78 is 7.42. The smallest absolute Gasteiger partial charge is 0.0843 e. The largest absolute Gasteiger partial charge is 0.332 e. The van der Waals surface area contributed by atoms with Gasteiger partial charge in [0.2, 0.25) is 0 Å². The summed E-state index contributed by atoms with van der Waals surface area (Å²) in [5, 5.41) is 0. The summed E-state index contributed by atoms with van der Waals surface area (Å²) in [5.74, 6) is 0. The number of hydrogen-bond acceptors (Lipinski definition) is 1. The first-order valence-electron chi connectivity index (χ1n) is 5.34. The van der Waals surface area contributed by atoms with Crippen molar-refractivity contribution >= 4 is 26.2 Å². The third-order valence-electron chi connectivity index (χ3n) is 2.91. The summed E-state index contributed by atoms with van der Waals surface area (Å²) in [5.41, 5.74) is 1.23. The molecular formula is C13H21BrOS. The fourth-order valence-corrected chi connectivity index (χ4v) is 2.02. The average Bonchev–Trinajstić information content (AvgIpc) is 2.15. The van der Waals surface area contributed by atoms with Crippen LogP contribution in [0.3, 0.4) is 0 Å². The lowest BCUT2D eigenvalue weighted by Crippen LogP contribution is -2.24. The maximum absolute atomic E-state index is 6.09. The molecule has 0 aliphatic rings. The maximum Gasteiger partial charge on any atom is 0.0843 e. The van der Waals surface area contributed by atoms with Crippen LogP contribution in [0.2, 0.25) is 0 Å². The molecule has 3 heteroatoms. The quantitative estimate of drug-likeness (QED) is 0.783. The van der Waals surface area contributed by atoms with Gasteiger partial charge in [-0.05, 0) is 30.2 Å². The van der Waals surface area contributed by atoms with Crippen molar-refractivity contribution in [1.82, 2.24) is 0 Å². The maximum atomic E-state index is 6.09. The second-order valence-corrected chi connectivity index (χ2v) is 10.1. The Bertz CT molecular complexity index is 338. The molecule has 1 rings (SSSR count). The molecule has 0 amide bonds. The van der Waals surface area contributed by atoms with Gasteiger partial charge in [-0.3, -0.25) is 0 Å². The van der Waals surface area contributed by atoms with E-state index in [0.29, 0.717) is 6.61 Å². The molecule has 16 heavy (non-hydrogen) atoms. The molecule has 0 aromatic heterocycles. The van der Waals surface area contributed by atoms with Crippen LogP contribution in [0.1, 0.15) is 26.3 Å². The van der Waals surface area contributed by atoms with Gasteiger partial charge in [0.1, 0.15) is 0 Å². The molecule has 0 bridgehead atoms. The number of benzene rings is 1. The Morgan fingerprint density at radius 3 is 2.06 bits per heavy atom. The lowest BCUT2D eigenvalue weighted by atomic mass is 10.2. The third kappa shape index (κ3) is 3.79. The van der Waals surface area contributed by atoms with E-state index in [2.05, 4.69) is 73.5 Å². The van der Waals surface area contributed by atoms with Gasteiger partial charge in [0.25, 0.3) is 0 Å². The second kappa shape index (κ2) is 5.11. The number of rotatable bonds is 3. The molecule has 0 atom stereocenters. The predicted molar refractivity (Wildman–Crippen MR) is 78.1 cm³/mol. The first kappa shape index (κ1) is 14.1. The van der Waals surface area contributed by atoms with E-state index in [9.17, 15) is 0 Å². The monoisotopic (exact) mass is 304 g/mol. The summed E-state index contributed by atoms with van der Waals surface area (Å²) in [6, 6.07) is 8.31. The van der Waals surface area contributed by atoms with Gasteiger partial charge in [0.05, 0.1) is 6.61 Å². The summed E-state index contributed by atoms with van der Waals surface area (Å²) in [4.78, 5) is 0. The summed E-state index contributed by atoms with van der Waals surface area (Å²) in [7, 11) is -1.02. The Balaban J connectivity index is 2.61. The van der Waals surface area contributed by atoms with Crippen LogP contribution in [0.25, 0.3) is 0 Å². The zero-order valence-electron chi connectivity index (χ0n) is 10.7. The van der Waals surface area contributed by atoms with Crippen LogP contribution in [0.5, 0.6) is 0 Å². The molecule has 0 aliphatic heterocycles. The van der Waals surface area contributed by atoms with Gasteiger partial charge in [-0.15, -0.1) is 10.3 Å². The lowest BCUT2D eigenvalue weighted by molar-refractivity contribution is 0.339. The molecule has 0 saturated heterocycles. The first-order valence-corrected chi connectivity index (χ1v) is 8.51. The van der Waals surface area contributed by atoms with Crippen LogP contribution in [0.4, 0.5) is 0 Å². The van der Waals surface area contributed by atoms with E-state index in [-0.39, 0.29) is 4.75 Å². The van der Waals surface area contributed by atoms with Crippen molar-refractivity contribution in [1.29, 1.82) is 0 Å². The van der Waals surface area contributed by atoms with Crippen molar-refractivity contribution in [3.8, 4) is 0 Å². The summed E-state index contributed by atoms with van der Waals surface area (Å²) in [6.45, 7) is 7.42. The molecule has 0 heterocycles. The Morgan fingerprint density at radius 2 is 1.62 bits per heavy atom. The van der Waals surface area contributed by atoms with Crippen molar-refractivity contribution in [3.63, 3.8) is 0 Å². The highest BCUT2D eigenvalue weighted by atomic mass is 79.9. The van der Waals surface area contributed by atoms with Gasteiger partial charge in [0.15, 0.2) is 0 Å². The SMILES string of the molecule is CC(C)(C)S(C)(C)OCc1ccc(Br)cc1. The van der Waals surface area contributed by atoms with Crippen molar-refractivity contribution in [3.05, 3.63) is 34.3 Å². The van der Waals surface area contributed by atoms with Crippen LogP contribution in [-0.4, -0.2) is 17.3 Å². The Morgan fingerprint density at radius 1 is 1.12 bits per heavy atom. The Kier molecular flexibility index (Phi) is 4.49. The number of hydrogen-bond donors (Lipinski definition) is 0. The van der Waals surface area contributed by atoms with Crippen LogP contribution >= 0.6 is 26.2 Å². The van der Waals surface area contributed by atoms with Gasteiger partial charge < -0.3 is 4.18 Å². The number of halogens is 1. The second-order valence-electron chi connectivity index (χ2n) is 5.23. The van der Waals surface area contributed by atoms with Crippen LogP contribution < -0.4 is 0 Å². The highest BCUT2D eigenvalue weighted by molar-refractivity contribution is 9.10. The van der Waals surface area contributed by atoms with Crippen molar-refractivity contribution < 1.29 is 4.18 Å². The molecule has 0 spiro atoms. The molecule has 1 aromatic carbocycles. The fourth-order valence-electron chi connectivity index (χ4n) is 0.973. The molecule has 0 fully saturated rings. The molecule has 0 aliphatic carbocycles. The van der Waals surface area contributed by atoms with Crippen molar-refractivity contribution in [2.45, 2.75) is 32.1 Å². The fraction of sp³-hybridized carbons (Fsp3) is 0.538. The minimum atomic E-state index is -1.02. The summed E-state index contributed by atoms with van der Waals surface area (Å²) in [6.07, 6.45) is 4.46. The molecule has 0 radical (unpaired) electrons. The van der Waals surface area contributed by atoms with Crippen LogP contribution in [0.15, 0.2) is 28.7 Å². The normalized spacial score (nSPS) is 13.9. The Hall–Kier alpha value is 0.01000. The topological polar surface area (TPSA) is 9.23 Å².